The lowest BCUT2D eigenvalue weighted by atomic mass is 10.3. The molecular weight excluding hydrogens is 306 g/mol. The number of nitrogens with one attached hydrogen (secondary N) is 2. The van der Waals surface area contributed by atoms with Crippen LogP contribution in [0, 0.1) is 0 Å². The van der Waals surface area contributed by atoms with Gasteiger partial charge in [0.15, 0.2) is 0 Å². The highest BCUT2D eigenvalue weighted by atomic mass is 32.2. The molecule has 0 unspecified atom stereocenters. The molecule has 2 rings (SSSR count). The molecule has 0 aliphatic heterocycles. The van der Waals surface area contributed by atoms with Crippen molar-refractivity contribution in [2.45, 2.75) is 37.1 Å². The van der Waals surface area contributed by atoms with Crippen molar-refractivity contribution in [3.05, 3.63) is 4.88 Å². The van der Waals surface area contributed by atoms with Crippen LogP contribution in [0.25, 0.3) is 0 Å². The Balaban J connectivity index is 1.97. The van der Waals surface area contributed by atoms with Gasteiger partial charge >= 0.3 is 0 Å². The van der Waals surface area contributed by atoms with E-state index in [1.165, 1.54) is 11.3 Å². The van der Waals surface area contributed by atoms with E-state index in [1.54, 1.807) is 11.8 Å². The second-order valence-electron chi connectivity index (χ2n) is 4.93. The smallest absolute Gasteiger partial charge is 0.263 e. The zero-order chi connectivity index (χ0) is 15.2. The van der Waals surface area contributed by atoms with Gasteiger partial charge in [-0.05, 0) is 32.4 Å². The number of carbonyl (C=O) groups is 1. The van der Waals surface area contributed by atoms with E-state index in [-0.39, 0.29) is 5.91 Å². The number of hydrogen-bond acceptors (Lipinski definition) is 6. The lowest BCUT2D eigenvalue weighted by Gasteiger charge is -2.06. The summed E-state index contributed by atoms with van der Waals surface area (Å²) in [5, 5.41) is 7.34. The van der Waals surface area contributed by atoms with E-state index in [2.05, 4.69) is 10.6 Å². The van der Waals surface area contributed by atoms with Crippen LogP contribution in [0.5, 0.6) is 0 Å². The maximum Gasteiger partial charge on any atom is 0.263 e. The average Bonchev–Trinajstić information content (AvgIpc) is 3.21. The summed E-state index contributed by atoms with van der Waals surface area (Å²) in [6.45, 7) is 4.29. The summed E-state index contributed by atoms with van der Waals surface area (Å²) in [5.41, 5.74) is 6.72. The monoisotopic (exact) mass is 329 g/mol. The van der Waals surface area contributed by atoms with E-state index in [9.17, 15) is 4.79 Å². The third kappa shape index (κ3) is 4.52. The largest absolute Gasteiger partial charge is 0.396 e. The van der Waals surface area contributed by atoms with Gasteiger partial charge in [0.05, 0.1) is 10.6 Å². The second-order valence-corrected chi connectivity index (χ2v) is 6.77. The van der Waals surface area contributed by atoms with Crippen LogP contribution in [0.4, 0.5) is 10.7 Å². The molecule has 1 aliphatic carbocycles. The first-order valence-corrected chi connectivity index (χ1v) is 9.30. The Morgan fingerprint density at radius 3 is 2.90 bits per heavy atom. The van der Waals surface area contributed by atoms with Crippen molar-refractivity contribution in [1.82, 2.24) is 5.32 Å². The Morgan fingerprint density at radius 2 is 2.29 bits per heavy atom. The zero-order valence-corrected chi connectivity index (χ0v) is 14.2. The summed E-state index contributed by atoms with van der Waals surface area (Å²) in [5.74, 6) is -0.0438. The normalized spacial score (nSPS) is 14.2. The van der Waals surface area contributed by atoms with E-state index in [4.69, 9.17) is 10.5 Å². The van der Waals surface area contributed by atoms with Gasteiger partial charge < -0.3 is 21.1 Å². The third-order valence-electron chi connectivity index (χ3n) is 3.18. The molecule has 4 N–H and O–H groups in total. The van der Waals surface area contributed by atoms with Crippen molar-refractivity contribution in [1.29, 1.82) is 0 Å². The topological polar surface area (TPSA) is 76.4 Å². The molecule has 1 amide bonds. The Hall–Kier alpha value is -0.920. The van der Waals surface area contributed by atoms with Crippen LogP contribution in [0.3, 0.4) is 0 Å². The molecule has 7 heteroatoms. The van der Waals surface area contributed by atoms with Crippen LogP contribution in [0.1, 0.15) is 35.9 Å². The molecular formula is C14H23N3O2S2. The van der Waals surface area contributed by atoms with Crippen LogP contribution < -0.4 is 16.4 Å². The summed E-state index contributed by atoms with van der Waals surface area (Å²) in [6.07, 6.45) is 5.07. The molecule has 0 saturated heterocycles. The van der Waals surface area contributed by atoms with Crippen LogP contribution in [0.15, 0.2) is 4.90 Å². The molecule has 0 atom stereocenters. The zero-order valence-electron chi connectivity index (χ0n) is 12.5. The summed E-state index contributed by atoms with van der Waals surface area (Å²) in [4.78, 5) is 13.8. The second kappa shape index (κ2) is 7.91. The molecule has 1 saturated carbocycles. The average molecular weight is 329 g/mol. The Kier molecular flexibility index (Phi) is 6.20. The van der Waals surface area contributed by atoms with Gasteiger partial charge in [0.2, 0.25) is 0 Å². The number of amides is 1. The number of nitrogen functional groups attached to an aromatic ring is 1. The van der Waals surface area contributed by atoms with Crippen molar-refractivity contribution < 1.29 is 9.53 Å². The SMILES string of the molecule is CCOCCCNc1sc(C(=O)NC2CC2)c(N)c1SC. The minimum atomic E-state index is -0.0438. The van der Waals surface area contributed by atoms with E-state index < -0.39 is 0 Å². The molecule has 1 aromatic heterocycles. The molecule has 1 aliphatic rings. The number of anilines is 2. The van der Waals surface area contributed by atoms with Crippen molar-refractivity contribution in [3.8, 4) is 0 Å². The molecule has 1 fully saturated rings. The molecule has 0 radical (unpaired) electrons. The molecule has 21 heavy (non-hydrogen) atoms. The minimum absolute atomic E-state index is 0.0438. The highest BCUT2D eigenvalue weighted by molar-refractivity contribution is 7.99. The number of carbonyl (C=O) groups excluding carboxylic acids is 1. The number of hydrogen-bond donors (Lipinski definition) is 3. The molecule has 1 heterocycles. The summed E-state index contributed by atoms with van der Waals surface area (Å²) >= 11 is 3.02. The van der Waals surface area contributed by atoms with Crippen molar-refractivity contribution in [2.24, 2.45) is 0 Å². The van der Waals surface area contributed by atoms with Crippen LogP contribution in [-0.4, -0.2) is 38.0 Å². The maximum absolute atomic E-state index is 12.2. The molecule has 0 aromatic carbocycles. The van der Waals surface area contributed by atoms with E-state index in [1.807, 2.05) is 13.2 Å². The standard InChI is InChI=1S/C14H23N3O2S2/c1-3-19-8-4-7-16-14-12(20-2)10(15)11(21-14)13(18)17-9-5-6-9/h9,16H,3-8,15H2,1-2H3,(H,17,18). The Bertz CT molecular complexity index is 487. The van der Waals surface area contributed by atoms with Crippen LogP contribution in [-0.2, 0) is 4.74 Å². The third-order valence-corrected chi connectivity index (χ3v) is 5.30. The maximum atomic E-state index is 12.2. The first kappa shape index (κ1) is 16.5. The molecule has 5 nitrogen and oxygen atoms in total. The van der Waals surface area contributed by atoms with Crippen molar-refractivity contribution in [3.63, 3.8) is 0 Å². The fourth-order valence-corrected chi connectivity index (χ4v) is 3.88. The van der Waals surface area contributed by atoms with Gasteiger partial charge in [-0.15, -0.1) is 23.1 Å². The first-order chi connectivity index (χ1) is 10.2. The predicted molar refractivity (Wildman–Crippen MR) is 90.6 cm³/mol. The van der Waals surface area contributed by atoms with Gasteiger partial charge in [-0.25, -0.2) is 0 Å². The van der Waals surface area contributed by atoms with E-state index >= 15 is 0 Å². The molecule has 0 bridgehead atoms. The van der Waals surface area contributed by atoms with E-state index in [0.717, 1.165) is 48.9 Å². The number of thioether (sulfide) groups is 1. The van der Waals surface area contributed by atoms with Gasteiger partial charge in [-0.1, -0.05) is 0 Å². The lowest BCUT2D eigenvalue weighted by molar-refractivity contribution is 0.0956. The fraction of sp³-hybridized carbons (Fsp3) is 0.643. The summed E-state index contributed by atoms with van der Waals surface area (Å²) < 4.78 is 5.32. The molecule has 118 valence electrons. The fourth-order valence-electron chi connectivity index (χ4n) is 1.92. The van der Waals surface area contributed by atoms with Gasteiger partial charge in [0.1, 0.15) is 9.88 Å². The van der Waals surface area contributed by atoms with Gasteiger partial charge in [0, 0.05) is 25.8 Å². The van der Waals surface area contributed by atoms with Gasteiger partial charge in [-0.2, -0.15) is 0 Å². The first-order valence-electron chi connectivity index (χ1n) is 7.26. The number of rotatable bonds is 9. The quantitative estimate of drug-likeness (QED) is 0.480. The van der Waals surface area contributed by atoms with Gasteiger partial charge in [-0.3, -0.25) is 4.79 Å². The summed E-state index contributed by atoms with van der Waals surface area (Å²) in [7, 11) is 0. The van der Waals surface area contributed by atoms with Crippen LogP contribution in [0.2, 0.25) is 0 Å². The molecule has 0 spiro atoms. The van der Waals surface area contributed by atoms with Crippen molar-refractivity contribution >= 4 is 39.7 Å². The Labute approximate surface area is 134 Å². The number of thiophene rings is 1. The highest BCUT2D eigenvalue weighted by Gasteiger charge is 2.27. The molecule has 1 aromatic rings. The van der Waals surface area contributed by atoms with Crippen LogP contribution >= 0.6 is 23.1 Å². The highest BCUT2D eigenvalue weighted by Crippen LogP contribution is 2.41. The number of ether oxygens (including phenoxy) is 1. The Morgan fingerprint density at radius 1 is 1.52 bits per heavy atom. The minimum Gasteiger partial charge on any atom is -0.396 e. The predicted octanol–water partition coefficient (Wildman–Crippen LogP) is 2.78. The van der Waals surface area contributed by atoms with Gasteiger partial charge in [0.25, 0.3) is 5.91 Å². The van der Waals surface area contributed by atoms with Crippen molar-refractivity contribution in [2.75, 3.05) is 37.1 Å². The lowest BCUT2D eigenvalue weighted by Crippen LogP contribution is -2.25. The summed E-state index contributed by atoms with van der Waals surface area (Å²) in [6, 6.07) is 0.347. The number of nitrogens with two attached hydrogens (primary N) is 1. The van der Waals surface area contributed by atoms with E-state index in [0.29, 0.717) is 16.6 Å².